The first-order valence-corrected chi connectivity index (χ1v) is 9.25. The van der Waals surface area contributed by atoms with Crippen LogP contribution in [0.25, 0.3) is 0 Å². The predicted molar refractivity (Wildman–Crippen MR) is 95.2 cm³/mol. The lowest BCUT2D eigenvalue weighted by Gasteiger charge is -2.45. The molecular weight excluding hydrogens is 335 g/mol. The molecule has 0 radical (unpaired) electrons. The number of hydrogen-bond donors (Lipinski definition) is 1. The number of nitrogens with zero attached hydrogens (tertiary/aromatic N) is 2. The summed E-state index contributed by atoms with van der Waals surface area (Å²) in [5.74, 6) is -2.26. The highest BCUT2D eigenvalue weighted by Crippen LogP contribution is 2.45. The van der Waals surface area contributed by atoms with Crippen molar-refractivity contribution in [3.8, 4) is 0 Å². The van der Waals surface area contributed by atoms with E-state index in [1.807, 2.05) is 17.1 Å². The van der Waals surface area contributed by atoms with Crippen LogP contribution >= 0.6 is 0 Å². The number of benzene rings is 1. The second-order valence-electron chi connectivity index (χ2n) is 7.44. The lowest BCUT2D eigenvalue weighted by atomic mass is 9.62. The summed E-state index contributed by atoms with van der Waals surface area (Å²) in [6.07, 6.45) is 5.75. The second kappa shape index (κ2) is 6.74. The summed E-state index contributed by atoms with van der Waals surface area (Å²) >= 11 is 0. The number of carbonyl (C=O) groups is 2. The number of carboxylic acid groups (broad SMARTS) is 1. The Hall–Kier alpha value is -2.37. The van der Waals surface area contributed by atoms with E-state index in [4.69, 9.17) is 0 Å². The first-order valence-electron chi connectivity index (χ1n) is 9.25. The predicted octanol–water partition coefficient (Wildman–Crippen LogP) is 2.39. The number of halogens is 1. The SMILES string of the molecule is O=C(O)[C@H]1[C@@H](C(=O)N2CCN(c3ccccc3F)CC2)[C@H]2C=C[C@@H]1CC2. The fourth-order valence-electron chi connectivity index (χ4n) is 4.75. The Labute approximate surface area is 152 Å². The van der Waals surface area contributed by atoms with Crippen molar-refractivity contribution in [2.24, 2.45) is 23.7 Å². The molecule has 26 heavy (non-hydrogen) atoms. The van der Waals surface area contributed by atoms with E-state index in [0.717, 1.165) is 12.8 Å². The molecule has 138 valence electrons. The van der Waals surface area contributed by atoms with Gasteiger partial charge in [0.05, 0.1) is 17.5 Å². The molecule has 1 saturated carbocycles. The molecule has 0 aromatic heterocycles. The smallest absolute Gasteiger partial charge is 0.307 e. The molecule has 5 rings (SSSR count). The molecule has 6 heteroatoms. The van der Waals surface area contributed by atoms with Gasteiger partial charge in [-0.25, -0.2) is 4.39 Å². The number of aliphatic carboxylic acids is 1. The molecule has 4 aliphatic rings. The first kappa shape index (κ1) is 17.1. The number of hydrogen-bond acceptors (Lipinski definition) is 3. The summed E-state index contributed by atoms with van der Waals surface area (Å²) in [5.41, 5.74) is 0.558. The van der Waals surface area contributed by atoms with E-state index in [-0.39, 0.29) is 23.6 Å². The van der Waals surface area contributed by atoms with E-state index >= 15 is 0 Å². The van der Waals surface area contributed by atoms with Crippen molar-refractivity contribution in [2.75, 3.05) is 31.1 Å². The zero-order chi connectivity index (χ0) is 18.3. The van der Waals surface area contributed by atoms with Gasteiger partial charge in [0.1, 0.15) is 5.82 Å². The molecule has 1 aromatic carbocycles. The third-order valence-electron chi connectivity index (χ3n) is 6.10. The molecule has 0 unspecified atom stereocenters. The molecule has 1 saturated heterocycles. The van der Waals surface area contributed by atoms with Crippen LogP contribution in [0.15, 0.2) is 36.4 Å². The number of para-hydroxylation sites is 1. The maximum atomic E-state index is 14.0. The molecule has 1 aliphatic heterocycles. The fourth-order valence-corrected chi connectivity index (χ4v) is 4.75. The Morgan fingerprint density at radius 1 is 0.962 bits per heavy atom. The molecule has 3 aliphatic carbocycles. The summed E-state index contributed by atoms with van der Waals surface area (Å²) in [6.45, 7) is 2.11. The average molecular weight is 358 g/mol. The van der Waals surface area contributed by atoms with E-state index in [2.05, 4.69) is 0 Å². The third kappa shape index (κ3) is 2.87. The minimum Gasteiger partial charge on any atom is -0.481 e. The first-order chi connectivity index (χ1) is 12.6. The van der Waals surface area contributed by atoms with Gasteiger partial charge in [-0.3, -0.25) is 9.59 Å². The standard InChI is InChI=1S/C20H23FN2O3/c21-15-3-1-2-4-16(15)22-9-11-23(12-10-22)19(24)17-13-5-7-14(8-6-13)18(17)20(25)26/h1-5,7,13-14,17-18H,6,8-12H2,(H,25,26)/t13-,14+,17-,18+/m0/s1. The van der Waals surface area contributed by atoms with Crippen molar-refractivity contribution in [1.82, 2.24) is 4.90 Å². The number of amides is 1. The van der Waals surface area contributed by atoms with E-state index in [1.165, 1.54) is 6.07 Å². The largest absolute Gasteiger partial charge is 0.481 e. The third-order valence-corrected chi connectivity index (χ3v) is 6.10. The molecule has 1 amide bonds. The minimum atomic E-state index is -0.868. The van der Waals surface area contributed by atoms with Crippen molar-refractivity contribution in [2.45, 2.75) is 12.8 Å². The quantitative estimate of drug-likeness (QED) is 0.843. The van der Waals surface area contributed by atoms with Crippen LogP contribution in [0.3, 0.4) is 0 Å². The monoisotopic (exact) mass is 358 g/mol. The number of piperazine rings is 1. The van der Waals surface area contributed by atoms with Crippen molar-refractivity contribution in [3.05, 3.63) is 42.2 Å². The van der Waals surface area contributed by atoms with Crippen LogP contribution in [0.2, 0.25) is 0 Å². The van der Waals surface area contributed by atoms with E-state index in [0.29, 0.717) is 31.9 Å². The Morgan fingerprint density at radius 3 is 2.15 bits per heavy atom. The van der Waals surface area contributed by atoms with Crippen molar-refractivity contribution >= 4 is 17.6 Å². The summed E-state index contributed by atoms with van der Waals surface area (Å²) < 4.78 is 14.0. The molecule has 2 fully saturated rings. The van der Waals surface area contributed by atoms with Gasteiger partial charge in [0.15, 0.2) is 0 Å². The average Bonchev–Trinajstić information content (AvgIpc) is 2.68. The second-order valence-corrected chi connectivity index (χ2v) is 7.44. The highest BCUT2D eigenvalue weighted by molar-refractivity contribution is 5.86. The van der Waals surface area contributed by atoms with Gasteiger partial charge in [0, 0.05) is 26.2 Å². The lowest BCUT2D eigenvalue weighted by molar-refractivity contribution is -0.156. The van der Waals surface area contributed by atoms with Gasteiger partial charge in [0.2, 0.25) is 5.91 Å². The van der Waals surface area contributed by atoms with Gasteiger partial charge >= 0.3 is 5.97 Å². The summed E-state index contributed by atoms with van der Waals surface area (Å²) in [5, 5.41) is 9.64. The van der Waals surface area contributed by atoms with Gasteiger partial charge in [-0.05, 0) is 36.8 Å². The molecule has 1 aromatic rings. The number of allylic oxidation sites excluding steroid dienone is 2. The molecule has 1 N–H and O–H groups in total. The minimum absolute atomic E-state index is 0.0261. The zero-order valence-corrected chi connectivity index (χ0v) is 14.6. The number of fused-ring (bicyclic) bond motifs is 2. The number of carbonyl (C=O) groups excluding carboxylic acids is 1. The van der Waals surface area contributed by atoms with Crippen LogP contribution < -0.4 is 4.90 Å². The van der Waals surface area contributed by atoms with Crippen molar-refractivity contribution < 1.29 is 19.1 Å². The van der Waals surface area contributed by atoms with Crippen LogP contribution in [0, 0.1) is 29.5 Å². The number of anilines is 1. The molecule has 2 bridgehead atoms. The molecule has 5 nitrogen and oxygen atoms in total. The van der Waals surface area contributed by atoms with Gasteiger partial charge in [-0.15, -0.1) is 0 Å². The molecule has 1 heterocycles. The number of carboxylic acids is 1. The lowest BCUT2D eigenvalue weighted by Crippen LogP contribution is -2.55. The van der Waals surface area contributed by atoms with Crippen molar-refractivity contribution in [3.63, 3.8) is 0 Å². The van der Waals surface area contributed by atoms with Gasteiger partial charge in [-0.1, -0.05) is 24.3 Å². The van der Waals surface area contributed by atoms with E-state index in [9.17, 15) is 19.1 Å². The maximum absolute atomic E-state index is 14.0. The Balaban J connectivity index is 1.46. The highest BCUT2D eigenvalue weighted by atomic mass is 19.1. The van der Waals surface area contributed by atoms with Gasteiger partial charge in [0.25, 0.3) is 0 Å². The molecular formula is C20H23FN2O3. The maximum Gasteiger partial charge on any atom is 0.307 e. The summed E-state index contributed by atoms with van der Waals surface area (Å²) in [7, 11) is 0. The van der Waals surface area contributed by atoms with Crippen LogP contribution in [-0.4, -0.2) is 48.1 Å². The fraction of sp³-hybridized carbons (Fsp3) is 0.500. The van der Waals surface area contributed by atoms with Crippen molar-refractivity contribution in [1.29, 1.82) is 0 Å². The normalized spacial score (nSPS) is 30.5. The van der Waals surface area contributed by atoms with Crippen LogP contribution in [0.5, 0.6) is 0 Å². The highest BCUT2D eigenvalue weighted by Gasteiger charge is 2.49. The van der Waals surface area contributed by atoms with E-state index in [1.54, 1.807) is 23.1 Å². The van der Waals surface area contributed by atoms with Crippen LogP contribution in [-0.2, 0) is 9.59 Å². The summed E-state index contributed by atoms with van der Waals surface area (Å²) in [6, 6.07) is 6.66. The zero-order valence-electron chi connectivity index (χ0n) is 14.6. The van der Waals surface area contributed by atoms with Gasteiger partial charge < -0.3 is 14.9 Å². The topological polar surface area (TPSA) is 60.9 Å². The Bertz CT molecular complexity index is 742. The Kier molecular flexibility index (Phi) is 4.42. The van der Waals surface area contributed by atoms with Crippen LogP contribution in [0.4, 0.5) is 10.1 Å². The summed E-state index contributed by atoms with van der Waals surface area (Å²) in [4.78, 5) is 28.6. The van der Waals surface area contributed by atoms with E-state index < -0.39 is 17.8 Å². The number of rotatable bonds is 3. The molecule has 0 spiro atoms. The van der Waals surface area contributed by atoms with Gasteiger partial charge in [-0.2, -0.15) is 0 Å². The Morgan fingerprint density at radius 2 is 1.58 bits per heavy atom. The molecule has 4 atom stereocenters. The van der Waals surface area contributed by atoms with Crippen LogP contribution in [0.1, 0.15) is 12.8 Å².